The zero-order valence-corrected chi connectivity index (χ0v) is 25.0. The summed E-state index contributed by atoms with van der Waals surface area (Å²) in [6.07, 6.45) is 22.0. The average molecular weight is 532 g/mol. The van der Waals surface area contributed by atoms with Crippen molar-refractivity contribution in [2.24, 2.45) is 0 Å². The van der Waals surface area contributed by atoms with Gasteiger partial charge in [0.05, 0.1) is 17.1 Å². The molecule has 3 rings (SSSR count). The molecule has 1 N–H and O–H groups in total. The van der Waals surface area contributed by atoms with Gasteiger partial charge in [0.25, 0.3) is 5.91 Å². The van der Waals surface area contributed by atoms with E-state index in [9.17, 15) is 4.79 Å². The molecular formula is C35H53N3O. The van der Waals surface area contributed by atoms with Gasteiger partial charge in [0.1, 0.15) is 5.82 Å². The summed E-state index contributed by atoms with van der Waals surface area (Å²) in [5, 5.41) is 3.18. The summed E-state index contributed by atoms with van der Waals surface area (Å²) in [6.45, 7) is 7.28. The molecule has 39 heavy (non-hydrogen) atoms. The zero-order chi connectivity index (χ0) is 27.7. The lowest BCUT2D eigenvalue weighted by Crippen LogP contribution is -2.28. The van der Waals surface area contributed by atoms with Crippen LogP contribution in [0.5, 0.6) is 0 Å². The third-order valence-electron chi connectivity index (χ3n) is 7.93. The Balaban J connectivity index is 1.35. The second-order valence-corrected chi connectivity index (χ2v) is 11.5. The van der Waals surface area contributed by atoms with Crippen molar-refractivity contribution in [3.8, 4) is 0 Å². The quantitative estimate of drug-likeness (QED) is 0.147. The van der Waals surface area contributed by atoms with Crippen LogP contribution < -0.4 is 5.32 Å². The minimum Gasteiger partial charge on any atom is -0.342 e. The van der Waals surface area contributed by atoms with Gasteiger partial charge in [-0.2, -0.15) is 0 Å². The summed E-state index contributed by atoms with van der Waals surface area (Å²) in [7, 11) is 0. The Morgan fingerprint density at radius 2 is 1.33 bits per heavy atom. The van der Waals surface area contributed by atoms with Gasteiger partial charge < -0.3 is 9.88 Å². The molecule has 0 aliphatic carbocycles. The van der Waals surface area contributed by atoms with Gasteiger partial charge in [0, 0.05) is 12.1 Å². The predicted molar refractivity (Wildman–Crippen MR) is 166 cm³/mol. The van der Waals surface area contributed by atoms with E-state index in [0.717, 1.165) is 35.4 Å². The molecule has 0 fully saturated rings. The van der Waals surface area contributed by atoms with E-state index in [2.05, 4.69) is 35.0 Å². The van der Waals surface area contributed by atoms with Gasteiger partial charge in [-0.15, -0.1) is 0 Å². The standard InChI is InChI=1S/C35H53N3O/c1-4-5-6-7-8-9-10-11-12-13-14-15-16-17-18-21-27-38-33-26-20-19-25-32(33)37-34(38)30(3)36-35(39)31-24-22-23-29(2)28-31/h19-20,22-26,28,30H,4-18,21,27H2,1-3H3,(H,36,39). The van der Waals surface area contributed by atoms with E-state index < -0.39 is 0 Å². The van der Waals surface area contributed by atoms with E-state index in [1.165, 1.54) is 96.3 Å². The van der Waals surface area contributed by atoms with Crippen molar-refractivity contribution in [3.63, 3.8) is 0 Å². The lowest BCUT2D eigenvalue weighted by Gasteiger charge is -2.17. The number of unbranched alkanes of at least 4 members (excludes halogenated alkanes) is 15. The molecule has 1 amide bonds. The van der Waals surface area contributed by atoms with Crippen LogP contribution in [0, 0.1) is 6.92 Å². The van der Waals surface area contributed by atoms with Crippen molar-refractivity contribution >= 4 is 16.9 Å². The maximum absolute atomic E-state index is 12.9. The molecule has 214 valence electrons. The Kier molecular flexibility index (Phi) is 14.2. The number of carbonyl (C=O) groups is 1. The van der Waals surface area contributed by atoms with Gasteiger partial charge >= 0.3 is 0 Å². The number of hydrogen-bond donors (Lipinski definition) is 1. The van der Waals surface area contributed by atoms with Gasteiger partial charge in [-0.1, -0.05) is 133 Å². The molecule has 4 nitrogen and oxygen atoms in total. The van der Waals surface area contributed by atoms with Crippen LogP contribution in [0.3, 0.4) is 0 Å². The van der Waals surface area contributed by atoms with Crippen LogP contribution in [-0.2, 0) is 6.54 Å². The maximum Gasteiger partial charge on any atom is 0.251 e. The van der Waals surface area contributed by atoms with Gasteiger partial charge in [0.15, 0.2) is 0 Å². The van der Waals surface area contributed by atoms with E-state index in [-0.39, 0.29) is 11.9 Å². The highest BCUT2D eigenvalue weighted by Crippen LogP contribution is 2.23. The Labute approximate surface area is 238 Å². The van der Waals surface area contributed by atoms with Crippen LogP contribution >= 0.6 is 0 Å². The number of rotatable bonds is 20. The lowest BCUT2D eigenvalue weighted by atomic mass is 10.0. The first-order chi connectivity index (χ1) is 19.1. The van der Waals surface area contributed by atoms with Crippen LogP contribution in [0.25, 0.3) is 11.0 Å². The third-order valence-corrected chi connectivity index (χ3v) is 7.93. The molecule has 0 aliphatic heterocycles. The van der Waals surface area contributed by atoms with Crippen molar-refractivity contribution in [1.82, 2.24) is 14.9 Å². The maximum atomic E-state index is 12.9. The molecular weight excluding hydrogens is 478 g/mol. The molecule has 1 heterocycles. The van der Waals surface area contributed by atoms with E-state index in [0.29, 0.717) is 5.56 Å². The molecule has 1 aromatic heterocycles. The number of carbonyl (C=O) groups excluding carboxylic acids is 1. The fourth-order valence-corrected chi connectivity index (χ4v) is 5.61. The summed E-state index contributed by atoms with van der Waals surface area (Å²) in [5.41, 5.74) is 3.94. The highest BCUT2D eigenvalue weighted by atomic mass is 16.1. The second-order valence-electron chi connectivity index (χ2n) is 11.5. The number of imidazole rings is 1. The van der Waals surface area contributed by atoms with Gasteiger partial charge in [-0.25, -0.2) is 4.98 Å². The van der Waals surface area contributed by atoms with Crippen LogP contribution in [-0.4, -0.2) is 15.5 Å². The van der Waals surface area contributed by atoms with Crippen LogP contribution in [0.2, 0.25) is 0 Å². The summed E-state index contributed by atoms with van der Waals surface area (Å²) >= 11 is 0. The largest absolute Gasteiger partial charge is 0.342 e. The molecule has 0 saturated heterocycles. The normalized spacial score (nSPS) is 12.2. The summed E-state index contributed by atoms with van der Waals surface area (Å²) in [6, 6.07) is 15.9. The molecule has 0 aliphatic rings. The van der Waals surface area contributed by atoms with Crippen molar-refractivity contribution in [1.29, 1.82) is 0 Å². The molecule has 1 atom stereocenters. The van der Waals surface area contributed by atoms with Crippen molar-refractivity contribution in [2.45, 2.75) is 136 Å². The highest BCUT2D eigenvalue weighted by Gasteiger charge is 2.19. The van der Waals surface area contributed by atoms with Crippen molar-refractivity contribution in [3.05, 3.63) is 65.5 Å². The second kappa shape index (κ2) is 17.9. The summed E-state index contributed by atoms with van der Waals surface area (Å²) in [5.74, 6) is 0.894. The Morgan fingerprint density at radius 1 is 0.769 bits per heavy atom. The molecule has 0 saturated carbocycles. The number of nitrogens with zero attached hydrogens (tertiary/aromatic N) is 2. The van der Waals surface area contributed by atoms with E-state index in [4.69, 9.17) is 4.98 Å². The van der Waals surface area contributed by atoms with Gasteiger partial charge in [-0.05, 0) is 44.5 Å². The van der Waals surface area contributed by atoms with Crippen LogP contribution in [0.15, 0.2) is 48.5 Å². The monoisotopic (exact) mass is 531 g/mol. The first kappa shape index (κ1) is 30.9. The fourth-order valence-electron chi connectivity index (χ4n) is 5.61. The minimum absolute atomic E-state index is 0.0489. The number of benzene rings is 2. The van der Waals surface area contributed by atoms with Gasteiger partial charge in [-0.3, -0.25) is 4.79 Å². The van der Waals surface area contributed by atoms with E-state index in [1.54, 1.807) is 0 Å². The Hall–Kier alpha value is -2.62. The van der Waals surface area contributed by atoms with Crippen LogP contribution in [0.1, 0.15) is 144 Å². The van der Waals surface area contributed by atoms with Crippen molar-refractivity contribution < 1.29 is 4.79 Å². The number of aromatic nitrogens is 2. The molecule has 0 radical (unpaired) electrons. The summed E-state index contributed by atoms with van der Waals surface area (Å²) < 4.78 is 2.32. The number of hydrogen-bond acceptors (Lipinski definition) is 2. The predicted octanol–water partition coefficient (Wildman–Crippen LogP) is 10.1. The third kappa shape index (κ3) is 10.8. The zero-order valence-electron chi connectivity index (χ0n) is 25.0. The number of nitrogens with one attached hydrogen (secondary N) is 1. The fraction of sp³-hybridized carbons (Fsp3) is 0.600. The number of para-hydroxylation sites is 2. The average Bonchev–Trinajstić information content (AvgIpc) is 3.31. The molecule has 3 aromatic rings. The topological polar surface area (TPSA) is 46.9 Å². The first-order valence-electron chi connectivity index (χ1n) is 15.9. The van der Waals surface area contributed by atoms with Crippen LogP contribution in [0.4, 0.5) is 0 Å². The lowest BCUT2D eigenvalue weighted by molar-refractivity contribution is 0.0937. The Morgan fingerprint density at radius 3 is 1.92 bits per heavy atom. The van der Waals surface area contributed by atoms with Gasteiger partial charge in [0.2, 0.25) is 0 Å². The van der Waals surface area contributed by atoms with Crippen molar-refractivity contribution in [2.75, 3.05) is 0 Å². The first-order valence-corrected chi connectivity index (χ1v) is 15.9. The number of amides is 1. The smallest absolute Gasteiger partial charge is 0.251 e. The Bertz CT molecular complexity index is 1100. The SMILES string of the molecule is CCCCCCCCCCCCCCCCCCn1c(C(C)NC(=O)c2cccc(C)c2)nc2ccccc21. The molecule has 0 bridgehead atoms. The number of aryl methyl sites for hydroxylation is 2. The van der Waals surface area contributed by atoms with E-state index in [1.807, 2.05) is 44.2 Å². The molecule has 4 heteroatoms. The molecule has 1 unspecified atom stereocenters. The molecule has 0 spiro atoms. The number of fused-ring (bicyclic) bond motifs is 1. The minimum atomic E-state index is -0.161. The highest BCUT2D eigenvalue weighted by molar-refractivity contribution is 5.94. The summed E-state index contributed by atoms with van der Waals surface area (Å²) in [4.78, 5) is 17.8. The molecule has 2 aromatic carbocycles. The van der Waals surface area contributed by atoms with E-state index >= 15 is 0 Å².